The molecule has 1 nitrogen and oxygen atoms in total. The van der Waals surface area contributed by atoms with Gasteiger partial charge in [-0.1, -0.05) is 38.3 Å². The van der Waals surface area contributed by atoms with Gasteiger partial charge in [-0.15, -0.1) is 0 Å². The van der Waals surface area contributed by atoms with Gasteiger partial charge in [-0.2, -0.15) is 0 Å². The molecule has 1 fully saturated rings. The van der Waals surface area contributed by atoms with Crippen LogP contribution in [-0.4, -0.2) is 0 Å². The second-order valence-electron chi connectivity index (χ2n) is 4.93. The lowest BCUT2D eigenvalue weighted by Gasteiger charge is -2.30. The Labute approximate surface area is 92.7 Å². The van der Waals surface area contributed by atoms with E-state index in [4.69, 9.17) is 5.73 Å². The number of rotatable bonds is 1. The van der Waals surface area contributed by atoms with Crippen molar-refractivity contribution in [2.24, 2.45) is 5.92 Å². The molecule has 0 saturated heterocycles. The average Bonchev–Trinajstić information content (AvgIpc) is 2.23. The monoisotopic (exact) mass is 203 g/mol. The van der Waals surface area contributed by atoms with E-state index in [9.17, 15) is 0 Å². The number of nitrogens with two attached hydrogens (primary N) is 1. The maximum Gasteiger partial charge on any atom is 0.0346 e. The minimum atomic E-state index is 0.738. The molecule has 1 aromatic rings. The molecular formula is C14H21N. The molecule has 1 saturated carbocycles. The zero-order valence-corrected chi connectivity index (χ0v) is 9.79. The third kappa shape index (κ3) is 2.01. The van der Waals surface area contributed by atoms with Crippen LogP contribution in [0, 0.1) is 12.8 Å². The molecule has 2 unspecified atom stereocenters. The van der Waals surface area contributed by atoms with Crippen LogP contribution in [0.1, 0.15) is 49.7 Å². The average molecular weight is 203 g/mol. The lowest BCUT2D eigenvalue weighted by molar-refractivity contribution is 0.330. The van der Waals surface area contributed by atoms with Crippen molar-refractivity contribution in [2.75, 3.05) is 5.73 Å². The van der Waals surface area contributed by atoms with Gasteiger partial charge >= 0.3 is 0 Å². The SMILES string of the molecule is Cc1c(N)cccc1C1CCCCC1C. The minimum absolute atomic E-state index is 0.738. The molecule has 0 aromatic heterocycles. The van der Waals surface area contributed by atoms with Crippen molar-refractivity contribution in [3.8, 4) is 0 Å². The summed E-state index contributed by atoms with van der Waals surface area (Å²) in [5.74, 6) is 1.56. The van der Waals surface area contributed by atoms with Crippen molar-refractivity contribution in [3.63, 3.8) is 0 Å². The van der Waals surface area contributed by atoms with Crippen LogP contribution < -0.4 is 5.73 Å². The van der Waals surface area contributed by atoms with E-state index in [0.29, 0.717) is 0 Å². The van der Waals surface area contributed by atoms with Crippen molar-refractivity contribution in [3.05, 3.63) is 29.3 Å². The standard InChI is InChI=1S/C14H21N/c1-10-6-3-4-7-12(10)13-8-5-9-14(15)11(13)2/h5,8-10,12H,3-4,6-7,15H2,1-2H3. The first-order chi connectivity index (χ1) is 7.20. The first kappa shape index (κ1) is 10.5. The predicted molar refractivity (Wildman–Crippen MR) is 66.0 cm³/mol. The van der Waals surface area contributed by atoms with E-state index in [1.54, 1.807) is 0 Å². The summed E-state index contributed by atoms with van der Waals surface area (Å²) in [5.41, 5.74) is 9.71. The molecule has 2 atom stereocenters. The molecule has 0 spiro atoms. The first-order valence-corrected chi connectivity index (χ1v) is 6.05. The van der Waals surface area contributed by atoms with Gasteiger partial charge in [-0.05, 0) is 42.4 Å². The van der Waals surface area contributed by atoms with Crippen molar-refractivity contribution in [1.82, 2.24) is 0 Å². The number of anilines is 1. The second-order valence-corrected chi connectivity index (χ2v) is 4.93. The van der Waals surface area contributed by atoms with Gasteiger partial charge in [-0.3, -0.25) is 0 Å². The number of hydrogen-bond donors (Lipinski definition) is 1. The van der Waals surface area contributed by atoms with Crippen LogP contribution in [0.3, 0.4) is 0 Å². The normalized spacial score (nSPS) is 26.5. The van der Waals surface area contributed by atoms with Crippen molar-refractivity contribution in [2.45, 2.75) is 45.4 Å². The molecule has 2 N–H and O–H groups in total. The summed E-state index contributed by atoms with van der Waals surface area (Å²) >= 11 is 0. The molecule has 2 rings (SSSR count). The second kappa shape index (κ2) is 4.26. The summed E-state index contributed by atoms with van der Waals surface area (Å²) in [6, 6.07) is 6.36. The maximum absolute atomic E-state index is 5.97. The minimum Gasteiger partial charge on any atom is -0.399 e. The van der Waals surface area contributed by atoms with Gasteiger partial charge in [0.25, 0.3) is 0 Å². The van der Waals surface area contributed by atoms with Gasteiger partial charge in [0.15, 0.2) is 0 Å². The van der Waals surface area contributed by atoms with E-state index in [0.717, 1.165) is 17.5 Å². The fraction of sp³-hybridized carbons (Fsp3) is 0.571. The summed E-state index contributed by atoms with van der Waals surface area (Å²) in [6.07, 6.45) is 5.49. The Balaban J connectivity index is 2.31. The zero-order chi connectivity index (χ0) is 10.8. The Bertz CT molecular complexity index is 343. The summed E-state index contributed by atoms with van der Waals surface area (Å²) in [5, 5.41) is 0. The summed E-state index contributed by atoms with van der Waals surface area (Å²) in [7, 11) is 0. The maximum atomic E-state index is 5.97. The van der Waals surface area contributed by atoms with Gasteiger partial charge in [0.2, 0.25) is 0 Å². The van der Waals surface area contributed by atoms with E-state index in [2.05, 4.69) is 26.0 Å². The fourth-order valence-electron chi connectivity index (χ4n) is 2.85. The molecule has 1 aromatic carbocycles. The van der Waals surface area contributed by atoms with Gasteiger partial charge in [-0.25, -0.2) is 0 Å². The molecule has 0 amide bonds. The Morgan fingerprint density at radius 2 is 1.93 bits per heavy atom. The van der Waals surface area contributed by atoms with Crippen LogP contribution in [0.5, 0.6) is 0 Å². The van der Waals surface area contributed by atoms with Crippen molar-refractivity contribution >= 4 is 5.69 Å². The molecule has 0 radical (unpaired) electrons. The van der Waals surface area contributed by atoms with E-state index >= 15 is 0 Å². The van der Waals surface area contributed by atoms with E-state index in [1.807, 2.05) is 6.07 Å². The first-order valence-electron chi connectivity index (χ1n) is 6.05. The summed E-state index contributed by atoms with van der Waals surface area (Å²) in [6.45, 7) is 4.54. The smallest absolute Gasteiger partial charge is 0.0346 e. The zero-order valence-electron chi connectivity index (χ0n) is 9.79. The van der Waals surface area contributed by atoms with E-state index < -0.39 is 0 Å². The Kier molecular flexibility index (Phi) is 2.99. The molecule has 15 heavy (non-hydrogen) atoms. The number of benzene rings is 1. The molecular weight excluding hydrogens is 182 g/mol. The quantitative estimate of drug-likeness (QED) is 0.689. The highest BCUT2D eigenvalue weighted by Crippen LogP contribution is 2.39. The molecule has 82 valence electrons. The Morgan fingerprint density at radius 1 is 1.20 bits per heavy atom. The van der Waals surface area contributed by atoms with Crippen LogP contribution in [0.15, 0.2) is 18.2 Å². The number of hydrogen-bond acceptors (Lipinski definition) is 1. The van der Waals surface area contributed by atoms with Gasteiger partial charge in [0, 0.05) is 5.69 Å². The fourth-order valence-corrected chi connectivity index (χ4v) is 2.85. The van der Waals surface area contributed by atoms with E-state index in [-0.39, 0.29) is 0 Å². The van der Waals surface area contributed by atoms with Crippen molar-refractivity contribution in [1.29, 1.82) is 0 Å². The summed E-state index contributed by atoms with van der Waals surface area (Å²) < 4.78 is 0. The van der Waals surface area contributed by atoms with Gasteiger partial charge in [0.05, 0.1) is 0 Å². The lowest BCUT2D eigenvalue weighted by Crippen LogP contribution is -2.16. The molecule has 0 bridgehead atoms. The molecule has 0 heterocycles. The van der Waals surface area contributed by atoms with Gasteiger partial charge in [0.1, 0.15) is 0 Å². The topological polar surface area (TPSA) is 26.0 Å². The highest BCUT2D eigenvalue weighted by molar-refractivity contribution is 5.51. The molecule has 0 aliphatic heterocycles. The molecule has 1 aliphatic carbocycles. The Morgan fingerprint density at radius 3 is 2.67 bits per heavy atom. The molecule has 1 aliphatic rings. The number of nitrogen functional groups attached to an aromatic ring is 1. The summed E-state index contributed by atoms with van der Waals surface area (Å²) in [4.78, 5) is 0. The largest absolute Gasteiger partial charge is 0.399 e. The van der Waals surface area contributed by atoms with Crippen LogP contribution >= 0.6 is 0 Å². The third-order valence-corrected chi connectivity index (χ3v) is 3.93. The van der Waals surface area contributed by atoms with Crippen LogP contribution in [-0.2, 0) is 0 Å². The van der Waals surface area contributed by atoms with Gasteiger partial charge < -0.3 is 5.73 Å². The van der Waals surface area contributed by atoms with E-state index in [1.165, 1.54) is 36.8 Å². The van der Waals surface area contributed by atoms with Crippen LogP contribution in [0.4, 0.5) is 5.69 Å². The predicted octanol–water partition coefficient (Wildman–Crippen LogP) is 3.87. The van der Waals surface area contributed by atoms with Crippen molar-refractivity contribution < 1.29 is 0 Å². The van der Waals surface area contributed by atoms with Crippen LogP contribution in [0.2, 0.25) is 0 Å². The van der Waals surface area contributed by atoms with Crippen LogP contribution in [0.25, 0.3) is 0 Å². The Hall–Kier alpha value is -0.980. The highest BCUT2D eigenvalue weighted by Gasteiger charge is 2.24. The third-order valence-electron chi connectivity index (χ3n) is 3.93. The lowest BCUT2D eigenvalue weighted by atomic mass is 9.75. The highest BCUT2D eigenvalue weighted by atomic mass is 14.6. The molecule has 1 heteroatoms.